The minimum Gasteiger partial charge on any atom is -0.454 e. The Bertz CT molecular complexity index is 1090. The van der Waals surface area contributed by atoms with Crippen molar-refractivity contribution in [3.05, 3.63) is 39.0 Å². The Hall–Kier alpha value is -3.23. The van der Waals surface area contributed by atoms with Crippen molar-refractivity contribution in [3.63, 3.8) is 0 Å². The molecule has 0 atom stereocenters. The SMILES string of the molecule is Cn1c(=O)c2c(nc(Oc3ccc4c(c3)OCO4)n2C)n(C)c1=O. The maximum absolute atomic E-state index is 12.3. The maximum Gasteiger partial charge on any atom is 0.332 e. The van der Waals surface area contributed by atoms with Crippen LogP contribution in [0.25, 0.3) is 11.2 Å². The lowest BCUT2D eigenvalue weighted by Gasteiger charge is -2.05. The molecule has 0 spiro atoms. The number of hydrogen-bond acceptors (Lipinski definition) is 6. The summed E-state index contributed by atoms with van der Waals surface area (Å²) in [7, 11) is 4.64. The van der Waals surface area contributed by atoms with Crippen molar-refractivity contribution in [2.75, 3.05) is 6.79 Å². The number of aryl methyl sites for hydroxylation is 2. The fourth-order valence-corrected chi connectivity index (χ4v) is 2.64. The van der Waals surface area contributed by atoms with E-state index in [4.69, 9.17) is 14.2 Å². The second-order valence-corrected chi connectivity index (χ2v) is 5.45. The highest BCUT2D eigenvalue weighted by Gasteiger charge is 2.19. The summed E-state index contributed by atoms with van der Waals surface area (Å²) in [6.45, 7) is 0.170. The molecule has 9 heteroatoms. The van der Waals surface area contributed by atoms with Gasteiger partial charge >= 0.3 is 11.7 Å². The number of aromatic nitrogens is 4. The van der Waals surface area contributed by atoms with Crippen LogP contribution < -0.4 is 25.5 Å². The van der Waals surface area contributed by atoms with Gasteiger partial charge in [0.25, 0.3) is 5.56 Å². The fraction of sp³-hybridized carbons (Fsp3) is 0.267. The minimum absolute atomic E-state index is 0.170. The number of hydrogen-bond donors (Lipinski definition) is 0. The van der Waals surface area contributed by atoms with Gasteiger partial charge in [-0.15, -0.1) is 0 Å². The molecule has 3 aromatic rings. The predicted molar refractivity (Wildman–Crippen MR) is 83.8 cm³/mol. The average Bonchev–Trinajstić information content (AvgIpc) is 3.16. The molecule has 0 fully saturated rings. The van der Waals surface area contributed by atoms with Gasteiger partial charge in [-0.2, -0.15) is 4.98 Å². The number of nitrogens with zero attached hydrogens (tertiary/aromatic N) is 4. The van der Waals surface area contributed by atoms with Crippen LogP contribution in [0.3, 0.4) is 0 Å². The van der Waals surface area contributed by atoms with Crippen molar-refractivity contribution in [2.45, 2.75) is 0 Å². The Balaban J connectivity index is 1.85. The van der Waals surface area contributed by atoms with Gasteiger partial charge in [0.2, 0.25) is 6.79 Å². The summed E-state index contributed by atoms with van der Waals surface area (Å²) in [5, 5.41) is 0. The fourth-order valence-electron chi connectivity index (χ4n) is 2.64. The lowest BCUT2D eigenvalue weighted by atomic mass is 10.3. The number of benzene rings is 1. The third kappa shape index (κ3) is 1.91. The second kappa shape index (κ2) is 4.88. The van der Waals surface area contributed by atoms with Crippen molar-refractivity contribution in [1.29, 1.82) is 0 Å². The van der Waals surface area contributed by atoms with E-state index in [1.54, 1.807) is 32.3 Å². The van der Waals surface area contributed by atoms with Crippen molar-refractivity contribution in [2.24, 2.45) is 21.1 Å². The minimum atomic E-state index is -0.444. The highest BCUT2D eigenvalue weighted by Crippen LogP contribution is 2.36. The monoisotopic (exact) mass is 330 g/mol. The van der Waals surface area contributed by atoms with Crippen LogP contribution in [0.1, 0.15) is 0 Å². The number of fused-ring (bicyclic) bond motifs is 2. The van der Waals surface area contributed by atoms with Crippen LogP contribution in [0, 0.1) is 0 Å². The standard InChI is InChI=1S/C15H14N4O5/c1-17-11-12(18(2)15(21)19(3)13(11)20)16-14(17)24-8-4-5-9-10(6-8)23-7-22-9/h4-6H,7H2,1-3H3. The van der Waals surface area contributed by atoms with Gasteiger partial charge in [0, 0.05) is 27.2 Å². The first-order valence-corrected chi connectivity index (χ1v) is 7.17. The van der Waals surface area contributed by atoms with Crippen molar-refractivity contribution in [3.8, 4) is 23.3 Å². The summed E-state index contributed by atoms with van der Waals surface area (Å²) in [4.78, 5) is 28.6. The van der Waals surface area contributed by atoms with Crippen molar-refractivity contribution in [1.82, 2.24) is 18.7 Å². The molecule has 1 aromatic carbocycles. The molecule has 24 heavy (non-hydrogen) atoms. The molecule has 1 aliphatic heterocycles. The molecule has 2 aromatic heterocycles. The summed E-state index contributed by atoms with van der Waals surface area (Å²) in [6.07, 6.45) is 0. The quantitative estimate of drug-likeness (QED) is 0.679. The van der Waals surface area contributed by atoms with E-state index in [-0.39, 0.29) is 24.0 Å². The number of ether oxygens (including phenoxy) is 3. The Morgan fingerprint density at radius 3 is 2.58 bits per heavy atom. The summed E-state index contributed by atoms with van der Waals surface area (Å²) < 4.78 is 20.2. The van der Waals surface area contributed by atoms with Gasteiger partial charge in [0.05, 0.1) is 0 Å². The zero-order valence-corrected chi connectivity index (χ0v) is 13.3. The van der Waals surface area contributed by atoms with E-state index in [9.17, 15) is 9.59 Å². The van der Waals surface area contributed by atoms with Crippen LogP contribution in [0.15, 0.2) is 27.8 Å². The summed E-state index contributed by atoms with van der Waals surface area (Å²) >= 11 is 0. The molecule has 0 amide bonds. The van der Waals surface area contributed by atoms with Gasteiger partial charge < -0.3 is 14.2 Å². The third-order valence-corrected chi connectivity index (χ3v) is 3.99. The topological polar surface area (TPSA) is 89.5 Å². The van der Waals surface area contributed by atoms with Crippen LogP contribution in [0.4, 0.5) is 0 Å². The lowest BCUT2D eigenvalue weighted by Crippen LogP contribution is -2.37. The number of rotatable bonds is 2. The average molecular weight is 330 g/mol. The predicted octanol–water partition coefficient (Wildman–Crippen LogP) is 0.492. The molecule has 3 heterocycles. The van der Waals surface area contributed by atoms with E-state index in [1.165, 1.54) is 16.2 Å². The molecule has 0 radical (unpaired) electrons. The molecule has 0 aliphatic carbocycles. The highest BCUT2D eigenvalue weighted by atomic mass is 16.7. The second-order valence-electron chi connectivity index (χ2n) is 5.45. The van der Waals surface area contributed by atoms with Gasteiger partial charge in [-0.1, -0.05) is 0 Å². The Morgan fingerprint density at radius 2 is 1.79 bits per heavy atom. The zero-order valence-electron chi connectivity index (χ0n) is 13.3. The first-order valence-electron chi connectivity index (χ1n) is 7.17. The van der Waals surface area contributed by atoms with Gasteiger partial charge in [0.1, 0.15) is 5.75 Å². The van der Waals surface area contributed by atoms with E-state index < -0.39 is 11.2 Å². The number of imidazole rings is 1. The van der Waals surface area contributed by atoms with E-state index in [1.807, 2.05) is 0 Å². The third-order valence-electron chi connectivity index (χ3n) is 3.99. The molecule has 1 aliphatic rings. The van der Waals surface area contributed by atoms with Crippen LogP contribution in [0.5, 0.6) is 23.3 Å². The van der Waals surface area contributed by atoms with Crippen LogP contribution >= 0.6 is 0 Å². The van der Waals surface area contributed by atoms with E-state index in [0.29, 0.717) is 17.2 Å². The molecule has 0 bridgehead atoms. The van der Waals surface area contributed by atoms with Crippen molar-refractivity contribution < 1.29 is 14.2 Å². The Labute approximate surface area is 135 Å². The Kier molecular flexibility index (Phi) is 2.92. The van der Waals surface area contributed by atoms with Gasteiger partial charge in [-0.05, 0) is 12.1 Å². The van der Waals surface area contributed by atoms with E-state index in [0.717, 1.165) is 4.57 Å². The van der Waals surface area contributed by atoms with Gasteiger partial charge in [-0.25, -0.2) is 4.79 Å². The molecule has 0 saturated carbocycles. The van der Waals surface area contributed by atoms with Crippen LogP contribution in [-0.4, -0.2) is 25.5 Å². The first-order chi connectivity index (χ1) is 11.5. The normalized spacial score (nSPS) is 12.8. The summed E-state index contributed by atoms with van der Waals surface area (Å²) in [6, 6.07) is 5.32. The molecule has 9 nitrogen and oxygen atoms in total. The van der Waals surface area contributed by atoms with E-state index in [2.05, 4.69) is 4.98 Å². The first kappa shape index (κ1) is 14.4. The molecule has 4 rings (SSSR count). The summed E-state index contributed by atoms with van der Waals surface area (Å²) in [5.74, 6) is 1.71. The largest absolute Gasteiger partial charge is 0.454 e. The zero-order chi connectivity index (χ0) is 17.0. The molecule has 0 saturated heterocycles. The van der Waals surface area contributed by atoms with Crippen molar-refractivity contribution >= 4 is 11.2 Å². The van der Waals surface area contributed by atoms with Gasteiger partial charge in [0.15, 0.2) is 22.7 Å². The van der Waals surface area contributed by atoms with Gasteiger partial charge in [-0.3, -0.25) is 18.5 Å². The molecular weight excluding hydrogens is 316 g/mol. The molecule has 0 unspecified atom stereocenters. The van der Waals surface area contributed by atoms with E-state index >= 15 is 0 Å². The Morgan fingerprint density at radius 1 is 1.04 bits per heavy atom. The highest BCUT2D eigenvalue weighted by molar-refractivity contribution is 5.71. The maximum atomic E-state index is 12.3. The lowest BCUT2D eigenvalue weighted by molar-refractivity contribution is 0.174. The molecule has 124 valence electrons. The van der Waals surface area contributed by atoms with Crippen LogP contribution in [0.2, 0.25) is 0 Å². The molecular formula is C15H14N4O5. The summed E-state index contributed by atoms with van der Waals surface area (Å²) in [5.41, 5.74) is -0.319. The smallest absolute Gasteiger partial charge is 0.332 e. The van der Waals surface area contributed by atoms with Crippen LogP contribution in [-0.2, 0) is 21.1 Å². The molecule has 0 N–H and O–H groups in total.